The van der Waals surface area contributed by atoms with Crippen molar-refractivity contribution >= 4 is 17.6 Å². The molecular formula is C19H24ClN3O2. The lowest BCUT2D eigenvalue weighted by molar-refractivity contribution is 0.411. The lowest BCUT2D eigenvalue weighted by Crippen LogP contribution is -2.38. The van der Waals surface area contributed by atoms with Crippen molar-refractivity contribution in [2.24, 2.45) is 4.99 Å². The standard InChI is InChI=1S/C19H24ClN3O2/c1-4-21-19(23-13(2)14-6-5-7-16(20)10-14)22-12-15-11-17(25-3)8-9-18(15)24/h5-11,13,24H,4,12H2,1-3H3,(H2,21,22,23). The van der Waals surface area contributed by atoms with E-state index in [1.165, 1.54) is 0 Å². The SMILES string of the molecule is CCNC(=NCc1cc(OC)ccc1O)NC(C)c1cccc(Cl)c1. The highest BCUT2D eigenvalue weighted by molar-refractivity contribution is 6.30. The van der Waals surface area contributed by atoms with Crippen LogP contribution in [0.3, 0.4) is 0 Å². The molecule has 0 aliphatic heterocycles. The number of phenolic OH excluding ortho intramolecular Hbond substituents is 1. The van der Waals surface area contributed by atoms with E-state index in [1.807, 2.05) is 38.1 Å². The first-order valence-electron chi connectivity index (χ1n) is 8.19. The van der Waals surface area contributed by atoms with Crippen LogP contribution in [0.2, 0.25) is 5.02 Å². The average Bonchev–Trinajstić information content (AvgIpc) is 2.61. The molecule has 0 aliphatic carbocycles. The molecule has 134 valence electrons. The van der Waals surface area contributed by atoms with Crippen LogP contribution in [-0.4, -0.2) is 24.7 Å². The van der Waals surface area contributed by atoms with Crippen molar-refractivity contribution in [2.45, 2.75) is 26.4 Å². The molecule has 5 nitrogen and oxygen atoms in total. The quantitative estimate of drug-likeness (QED) is 0.539. The summed E-state index contributed by atoms with van der Waals surface area (Å²) in [6, 6.07) is 12.9. The summed E-state index contributed by atoms with van der Waals surface area (Å²) in [5.41, 5.74) is 1.77. The zero-order valence-electron chi connectivity index (χ0n) is 14.7. The molecule has 0 bridgehead atoms. The molecule has 3 N–H and O–H groups in total. The zero-order valence-corrected chi connectivity index (χ0v) is 15.5. The van der Waals surface area contributed by atoms with Gasteiger partial charge in [-0.3, -0.25) is 0 Å². The number of hydrogen-bond donors (Lipinski definition) is 3. The van der Waals surface area contributed by atoms with Gasteiger partial charge in [0.05, 0.1) is 19.7 Å². The van der Waals surface area contributed by atoms with Crippen molar-refractivity contribution in [3.8, 4) is 11.5 Å². The molecule has 0 aliphatic rings. The van der Waals surface area contributed by atoms with Crippen molar-refractivity contribution in [1.82, 2.24) is 10.6 Å². The minimum Gasteiger partial charge on any atom is -0.508 e. The Bertz CT molecular complexity index is 734. The van der Waals surface area contributed by atoms with E-state index < -0.39 is 0 Å². The van der Waals surface area contributed by atoms with Crippen molar-refractivity contribution in [3.63, 3.8) is 0 Å². The normalized spacial score (nSPS) is 12.6. The van der Waals surface area contributed by atoms with Gasteiger partial charge in [-0.1, -0.05) is 23.7 Å². The van der Waals surface area contributed by atoms with Crippen LogP contribution in [0, 0.1) is 0 Å². The number of nitrogens with zero attached hydrogens (tertiary/aromatic N) is 1. The summed E-state index contributed by atoms with van der Waals surface area (Å²) >= 11 is 6.06. The summed E-state index contributed by atoms with van der Waals surface area (Å²) in [5.74, 6) is 1.55. The number of hydrogen-bond acceptors (Lipinski definition) is 3. The molecule has 1 atom stereocenters. The van der Waals surface area contributed by atoms with Crippen LogP contribution in [0.4, 0.5) is 0 Å². The summed E-state index contributed by atoms with van der Waals surface area (Å²) in [6.07, 6.45) is 0. The van der Waals surface area contributed by atoms with E-state index in [2.05, 4.69) is 15.6 Å². The predicted molar refractivity (Wildman–Crippen MR) is 102 cm³/mol. The number of ether oxygens (including phenoxy) is 1. The number of aromatic hydroxyl groups is 1. The number of nitrogens with one attached hydrogen (secondary N) is 2. The smallest absolute Gasteiger partial charge is 0.192 e. The lowest BCUT2D eigenvalue weighted by Gasteiger charge is -2.18. The van der Waals surface area contributed by atoms with Crippen molar-refractivity contribution < 1.29 is 9.84 Å². The molecule has 1 unspecified atom stereocenters. The fourth-order valence-electron chi connectivity index (χ4n) is 2.36. The van der Waals surface area contributed by atoms with Gasteiger partial charge in [-0.2, -0.15) is 0 Å². The Balaban J connectivity index is 2.13. The highest BCUT2D eigenvalue weighted by atomic mass is 35.5. The van der Waals surface area contributed by atoms with Crippen LogP contribution in [0.1, 0.15) is 31.0 Å². The molecule has 2 rings (SSSR count). The van der Waals surface area contributed by atoms with Crippen molar-refractivity contribution in [1.29, 1.82) is 0 Å². The fourth-order valence-corrected chi connectivity index (χ4v) is 2.56. The maximum absolute atomic E-state index is 9.98. The maximum Gasteiger partial charge on any atom is 0.192 e. The van der Waals surface area contributed by atoms with Crippen LogP contribution >= 0.6 is 11.6 Å². The zero-order chi connectivity index (χ0) is 18.2. The Morgan fingerprint density at radius 3 is 2.76 bits per heavy atom. The molecule has 0 aromatic heterocycles. The number of guanidine groups is 1. The first kappa shape index (κ1) is 18.9. The number of benzene rings is 2. The summed E-state index contributed by atoms with van der Waals surface area (Å²) in [5, 5.41) is 17.2. The number of methoxy groups -OCH3 is 1. The van der Waals surface area contributed by atoms with E-state index in [9.17, 15) is 5.11 Å². The van der Waals surface area contributed by atoms with Gasteiger partial charge in [0.15, 0.2) is 5.96 Å². The molecule has 0 saturated carbocycles. The van der Waals surface area contributed by atoms with Gasteiger partial charge in [0, 0.05) is 17.1 Å². The van der Waals surface area contributed by atoms with Gasteiger partial charge in [0.1, 0.15) is 11.5 Å². The molecule has 0 heterocycles. The summed E-state index contributed by atoms with van der Waals surface area (Å²) < 4.78 is 5.19. The second-order valence-electron chi connectivity index (χ2n) is 5.61. The predicted octanol–water partition coefficient (Wildman–Crippen LogP) is 3.87. The Labute approximate surface area is 153 Å². The van der Waals surface area contributed by atoms with E-state index >= 15 is 0 Å². The third-order valence-electron chi connectivity index (χ3n) is 3.74. The van der Waals surface area contributed by atoms with Gasteiger partial charge in [-0.05, 0) is 49.7 Å². The number of aliphatic imine (C=N–C) groups is 1. The second-order valence-corrected chi connectivity index (χ2v) is 6.05. The highest BCUT2D eigenvalue weighted by Gasteiger charge is 2.09. The van der Waals surface area contributed by atoms with Crippen molar-refractivity contribution in [2.75, 3.05) is 13.7 Å². The Hall–Kier alpha value is -2.40. The summed E-state index contributed by atoms with van der Waals surface area (Å²) in [6.45, 7) is 5.12. The van der Waals surface area contributed by atoms with Gasteiger partial charge in [0.25, 0.3) is 0 Å². The Morgan fingerprint density at radius 1 is 1.28 bits per heavy atom. The van der Waals surface area contributed by atoms with Gasteiger partial charge in [0.2, 0.25) is 0 Å². The first-order chi connectivity index (χ1) is 12.0. The van der Waals surface area contributed by atoms with E-state index in [-0.39, 0.29) is 11.8 Å². The van der Waals surface area contributed by atoms with E-state index in [0.29, 0.717) is 28.8 Å². The van der Waals surface area contributed by atoms with Gasteiger partial charge in [-0.15, -0.1) is 0 Å². The first-order valence-corrected chi connectivity index (χ1v) is 8.57. The number of phenols is 1. The van der Waals surface area contributed by atoms with Gasteiger partial charge < -0.3 is 20.5 Å². The monoisotopic (exact) mass is 361 g/mol. The fraction of sp³-hybridized carbons (Fsp3) is 0.316. The summed E-state index contributed by atoms with van der Waals surface area (Å²) in [7, 11) is 1.59. The van der Waals surface area contributed by atoms with Gasteiger partial charge in [-0.25, -0.2) is 4.99 Å². The molecule has 0 saturated heterocycles. The maximum atomic E-state index is 9.98. The second kappa shape index (κ2) is 9.18. The van der Waals surface area contributed by atoms with E-state index in [0.717, 1.165) is 12.1 Å². The van der Waals surface area contributed by atoms with E-state index in [4.69, 9.17) is 16.3 Å². The highest BCUT2D eigenvalue weighted by Crippen LogP contribution is 2.23. The largest absolute Gasteiger partial charge is 0.508 e. The molecule has 2 aromatic rings. The Kier molecular flexibility index (Phi) is 6.95. The average molecular weight is 362 g/mol. The molecule has 0 radical (unpaired) electrons. The minimum atomic E-state index is 0.0374. The van der Waals surface area contributed by atoms with Crippen LogP contribution in [0.15, 0.2) is 47.5 Å². The van der Waals surface area contributed by atoms with Crippen molar-refractivity contribution in [3.05, 3.63) is 58.6 Å². The molecule has 6 heteroatoms. The molecule has 0 amide bonds. The number of halogens is 1. The minimum absolute atomic E-state index is 0.0374. The van der Waals surface area contributed by atoms with Crippen LogP contribution in [0.5, 0.6) is 11.5 Å². The third kappa shape index (κ3) is 5.57. The molecule has 2 aromatic carbocycles. The number of rotatable bonds is 6. The molecular weight excluding hydrogens is 338 g/mol. The molecule has 0 fully saturated rings. The lowest BCUT2D eigenvalue weighted by atomic mass is 10.1. The van der Waals surface area contributed by atoms with Gasteiger partial charge >= 0.3 is 0 Å². The Morgan fingerprint density at radius 2 is 2.08 bits per heavy atom. The summed E-state index contributed by atoms with van der Waals surface area (Å²) in [4.78, 5) is 4.55. The molecule has 0 spiro atoms. The molecule has 25 heavy (non-hydrogen) atoms. The third-order valence-corrected chi connectivity index (χ3v) is 3.98. The van der Waals surface area contributed by atoms with Crippen LogP contribution < -0.4 is 15.4 Å². The van der Waals surface area contributed by atoms with Crippen LogP contribution in [0.25, 0.3) is 0 Å². The topological polar surface area (TPSA) is 65.9 Å². The van der Waals surface area contributed by atoms with E-state index in [1.54, 1.807) is 25.3 Å². The van der Waals surface area contributed by atoms with Crippen LogP contribution in [-0.2, 0) is 6.54 Å².